The first-order valence-electron chi connectivity index (χ1n) is 5.99. The Morgan fingerprint density at radius 1 is 1.11 bits per heavy atom. The number of nitrogens with one attached hydrogen (secondary N) is 1. The number of anilines is 1. The highest BCUT2D eigenvalue weighted by atomic mass is 19.1. The standard InChI is InChI=1S/C15H17FN2/c1-11-6-2-5-9-14(11)18-15(10-17)12-7-3-4-8-13(12)16/h2-9,15,18H,10,17H2,1H3. The Morgan fingerprint density at radius 2 is 1.78 bits per heavy atom. The van der Waals surface area contributed by atoms with E-state index in [1.54, 1.807) is 12.1 Å². The quantitative estimate of drug-likeness (QED) is 0.866. The van der Waals surface area contributed by atoms with Crippen molar-refractivity contribution in [2.24, 2.45) is 5.73 Å². The van der Waals surface area contributed by atoms with Gasteiger partial charge in [-0.3, -0.25) is 0 Å². The summed E-state index contributed by atoms with van der Waals surface area (Å²) >= 11 is 0. The molecule has 0 fully saturated rings. The van der Waals surface area contributed by atoms with E-state index in [-0.39, 0.29) is 11.9 Å². The molecule has 3 N–H and O–H groups in total. The highest BCUT2D eigenvalue weighted by molar-refractivity contribution is 5.52. The maximum atomic E-state index is 13.7. The largest absolute Gasteiger partial charge is 0.377 e. The van der Waals surface area contributed by atoms with Gasteiger partial charge in [0.05, 0.1) is 6.04 Å². The first-order valence-corrected chi connectivity index (χ1v) is 5.99. The first kappa shape index (κ1) is 12.6. The van der Waals surface area contributed by atoms with Crippen LogP contribution in [0.15, 0.2) is 48.5 Å². The van der Waals surface area contributed by atoms with Crippen LogP contribution in [0.25, 0.3) is 0 Å². The van der Waals surface area contributed by atoms with E-state index < -0.39 is 0 Å². The summed E-state index contributed by atoms with van der Waals surface area (Å²) in [5, 5.41) is 3.29. The Kier molecular flexibility index (Phi) is 3.95. The Balaban J connectivity index is 2.26. The third kappa shape index (κ3) is 2.68. The minimum atomic E-state index is -0.228. The van der Waals surface area contributed by atoms with Gasteiger partial charge in [0, 0.05) is 17.8 Å². The van der Waals surface area contributed by atoms with Crippen LogP contribution >= 0.6 is 0 Å². The molecule has 94 valence electrons. The molecule has 0 spiro atoms. The normalized spacial score (nSPS) is 12.2. The van der Waals surface area contributed by atoms with Gasteiger partial charge in [-0.15, -0.1) is 0 Å². The minimum absolute atomic E-state index is 0.215. The lowest BCUT2D eigenvalue weighted by atomic mass is 10.1. The molecule has 18 heavy (non-hydrogen) atoms. The lowest BCUT2D eigenvalue weighted by Crippen LogP contribution is -2.22. The van der Waals surface area contributed by atoms with E-state index in [1.807, 2.05) is 37.3 Å². The van der Waals surface area contributed by atoms with Gasteiger partial charge in [0.25, 0.3) is 0 Å². The second-order valence-electron chi connectivity index (χ2n) is 4.27. The summed E-state index contributed by atoms with van der Waals surface area (Å²) in [5.41, 5.74) is 8.44. The SMILES string of the molecule is Cc1ccccc1NC(CN)c1ccccc1F. The van der Waals surface area contributed by atoms with Gasteiger partial charge in [0.15, 0.2) is 0 Å². The molecule has 2 rings (SSSR count). The van der Waals surface area contributed by atoms with E-state index >= 15 is 0 Å². The number of aryl methyl sites for hydroxylation is 1. The summed E-state index contributed by atoms with van der Waals surface area (Å²) in [6.45, 7) is 2.35. The van der Waals surface area contributed by atoms with Crippen LogP contribution < -0.4 is 11.1 Å². The maximum absolute atomic E-state index is 13.7. The summed E-state index contributed by atoms with van der Waals surface area (Å²) in [4.78, 5) is 0. The van der Waals surface area contributed by atoms with Gasteiger partial charge >= 0.3 is 0 Å². The van der Waals surface area contributed by atoms with Crippen molar-refractivity contribution in [3.8, 4) is 0 Å². The number of benzene rings is 2. The molecule has 3 heteroatoms. The minimum Gasteiger partial charge on any atom is -0.377 e. The van der Waals surface area contributed by atoms with Crippen LogP contribution in [-0.4, -0.2) is 6.54 Å². The Bertz CT molecular complexity index is 525. The molecule has 0 aliphatic heterocycles. The molecule has 0 aliphatic rings. The Morgan fingerprint density at radius 3 is 2.44 bits per heavy atom. The van der Waals surface area contributed by atoms with Gasteiger partial charge in [-0.2, -0.15) is 0 Å². The van der Waals surface area contributed by atoms with E-state index in [9.17, 15) is 4.39 Å². The van der Waals surface area contributed by atoms with Crippen LogP contribution in [0.2, 0.25) is 0 Å². The molecule has 0 radical (unpaired) electrons. The van der Waals surface area contributed by atoms with Crippen molar-refractivity contribution in [1.82, 2.24) is 0 Å². The maximum Gasteiger partial charge on any atom is 0.128 e. The fourth-order valence-corrected chi connectivity index (χ4v) is 1.94. The van der Waals surface area contributed by atoms with Crippen molar-refractivity contribution in [3.63, 3.8) is 0 Å². The Hall–Kier alpha value is -1.87. The second kappa shape index (κ2) is 5.65. The van der Waals surface area contributed by atoms with Crippen molar-refractivity contribution in [2.75, 3.05) is 11.9 Å². The van der Waals surface area contributed by atoms with Crippen LogP contribution in [-0.2, 0) is 0 Å². The molecule has 0 saturated carbocycles. The Labute approximate surface area is 107 Å². The predicted molar refractivity (Wildman–Crippen MR) is 73.0 cm³/mol. The van der Waals surface area contributed by atoms with Gasteiger partial charge in [-0.05, 0) is 24.6 Å². The predicted octanol–water partition coefficient (Wildman–Crippen LogP) is 3.25. The van der Waals surface area contributed by atoms with E-state index in [1.165, 1.54) is 6.07 Å². The van der Waals surface area contributed by atoms with Gasteiger partial charge < -0.3 is 11.1 Å². The van der Waals surface area contributed by atoms with Gasteiger partial charge in [-0.25, -0.2) is 4.39 Å². The van der Waals surface area contributed by atoms with E-state index in [2.05, 4.69) is 5.32 Å². The highest BCUT2D eigenvalue weighted by Crippen LogP contribution is 2.23. The molecular weight excluding hydrogens is 227 g/mol. The molecule has 1 unspecified atom stereocenters. The van der Waals surface area contributed by atoms with E-state index in [0.29, 0.717) is 12.1 Å². The third-order valence-corrected chi connectivity index (χ3v) is 2.99. The smallest absolute Gasteiger partial charge is 0.128 e. The molecule has 2 aromatic carbocycles. The van der Waals surface area contributed by atoms with Crippen molar-refractivity contribution < 1.29 is 4.39 Å². The number of rotatable bonds is 4. The third-order valence-electron chi connectivity index (χ3n) is 2.99. The molecule has 0 aliphatic carbocycles. The molecule has 0 aromatic heterocycles. The van der Waals surface area contributed by atoms with Crippen LogP contribution in [0, 0.1) is 12.7 Å². The summed E-state index contributed by atoms with van der Waals surface area (Å²) < 4.78 is 13.7. The topological polar surface area (TPSA) is 38.0 Å². The average Bonchev–Trinajstić information content (AvgIpc) is 2.39. The van der Waals surface area contributed by atoms with Gasteiger partial charge in [-0.1, -0.05) is 36.4 Å². The monoisotopic (exact) mass is 244 g/mol. The number of hydrogen-bond acceptors (Lipinski definition) is 2. The first-order chi connectivity index (χ1) is 8.72. The zero-order valence-corrected chi connectivity index (χ0v) is 10.4. The molecule has 0 bridgehead atoms. The van der Waals surface area contributed by atoms with Crippen molar-refractivity contribution in [3.05, 3.63) is 65.5 Å². The van der Waals surface area contributed by atoms with Crippen LogP contribution in [0.1, 0.15) is 17.2 Å². The van der Waals surface area contributed by atoms with Gasteiger partial charge in [0.2, 0.25) is 0 Å². The van der Waals surface area contributed by atoms with E-state index in [4.69, 9.17) is 5.73 Å². The van der Waals surface area contributed by atoms with Crippen molar-refractivity contribution in [2.45, 2.75) is 13.0 Å². The zero-order chi connectivity index (χ0) is 13.0. The number of para-hydroxylation sites is 1. The molecular formula is C15H17FN2. The fraction of sp³-hybridized carbons (Fsp3) is 0.200. The molecule has 2 nitrogen and oxygen atoms in total. The van der Waals surface area contributed by atoms with Crippen molar-refractivity contribution in [1.29, 1.82) is 0 Å². The molecule has 2 aromatic rings. The summed E-state index contributed by atoms with van der Waals surface area (Å²) in [6, 6.07) is 14.4. The zero-order valence-electron chi connectivity index (χ0n) is 10.4. The summed E-state index contributed by atoms with van der Waals surface area (Å²) in [7, 11) is 0. The second-order valence-corrected chi connectivity index (χ2v) is 4.27. The summed E-state index contributed by atoms with van der Waals surface area (Å²) in [6.07, 6.45) is 0. The lowest BCUT2D eigenvalue weighted by Gasteiger charge is -2.20. The number of hydrogen-bond donors (Lipinski definition) is 2. The summed E-state index contributed by atoms with van der Waals surface area (Å²) in [5.74, 6) is -0.228. The number of halogens is 1. The van der Waals surface area contributed by atoms with Gasteiger partial charge in [0.1, 0.15) is 5.82 Å². The van der Waals surface area contributed by atoms with Crippen LogP contribution in [0.4, 0.5) is 10.1 Å². The molecule has 0 amide bonds. The van der Waals surface area contributed by atoms with Crippen LogP contribution in [0.3, 0.4) is 0 Å². The fourth-order valence-electron chi connectivity index (χ4n) is 1.94. The van der Waals surface area contributed by atoms with Crippen LogP contribution in [0.5, 0.6) is 0 Å². The molecule has 1 atom stereocenters. The molecule has 0 heterocycles. The molecule has 0 saturated heterocycles. The lowest BCUT2D eigenvalue weighted by molar-refractivity contribution is 0.593. The number of nitrogens with two attached hydrogens (primary N) is 1. The highest BCUT2D eigenvalue weighted by Gasteiger charge is 2.14. The average molecular weight is 244 g/mol. The van der Waals surface area contributed by atoms with E-state index in [0.717, 1.165) is 11.3 Å². The van der Waals surface area contributed by atoms with Crippen molar-refractivity contribution >= 4 is 5.69 Å².